The number of rotatable bonds is 3. The maximum Gasteiger partial charge on any atom is 0.184 e. The summed E-state index contributed by atoms with van der Waals surface area (Å²) in [5, 5.41) is 1.13. The molecule has 0 spiro atoms. The van der Waals surface area contributed by atoms with E-state index in [9.17, 15) is 8.42 Å². The molecule has 0 aliphatic carbocycles. The van der Waals surface area contributed by atoms with E-state index in [-0.39, 0.29) is 16.3 Å². The lowest BCUT2D eigenvalue weighted by Gasteiger charge is -2.09. The van der Waals surface area contributed by atoms with Gasteiger partial charge in [0.05, 0.1) is 16.3 Å². The number of nitrogen functional groups attached to an aromatic ring is 1. The number of halogens is 3. The maximum atomic E-state index is 12.4. The average Bonchev–Trinajstić information content (AvgIpc) is 2.32. The molecule has 2 aromatic rings. The van der Waals surface area contributed by atoms with Gasteiger partial charge in [-0.3, -0.25) is 0 Å². The van der Waals surface area contributed by atoms with Gasteiger partial charge in [-0.05, 0) is 35.9 Å². The van der Waals surface area contributed by atoms with Gasteiger partial charge in [-0.25, -0.2) is 8.42 Å². The molecule has 0 fully saturated rings. The van der Waals surface area contributed by atoms with Crippen LogP contribution in [0.25, 0.3) is 0 Å². The van der Waals surface area contributed by atoms with Crippen LogP contribution in [0.15, 0.2) is 41.3 Å². The fourth-order valence-corrected chi connectivity index (χ4v) is 3.97. The average molecular weight is 351 g/mol. The lowest BCUT2D eigenvalue weighted by atomic mass is 10.2. The Hall–Kier alpha value is -0.940. The summed E-state index contributed by atoms with van der Waals surface area (Å²) in [4.78, 5) is 0.0351. The summed E-state index contributed by atoms with van der Waals surface area (Å²) in [7, 11) is -3.61. The van der Waals surface area contributed by atoms with Crippen molar-refractivity contribution < 1.29 is 8.42 Å². The van der Waals surface area contributed by atoms with Crippen molar-refractivity contribution in [1.82, 2.24) is 0 Å². The van der Waals surface area contributed by atoms with Crippen LogP contribution in [0, 0.1) is 0 Å². The molecule has 0 atom stereocenters. The van der Waals surface area contributed by atoms with Crippen molar-refractivity contribution in [3.63, 3.8) is 0 Å². The monoisotopic (exact) mass is 349 g/mol. The molecule has 0 bridgehead atoms. The Morgan fingerprint density at radius 1 is 0.950 bits per heavy atom. The number of nitrogens with two attached hydrogens (primary N) is 1. The van der Waals surface area contributed by atoms with Gasteiger partial charge in [-0.15, -0.1) is 0 Å². The SMILES string of the molecule is Nc1cc(Cl)ccc1S(=O)(=O)Cc1ccc(Cl)cc1Cl. The highest BCUT2D eigenvalue weighted by Crippen LogP contribution is 2.28. The molecule has 3 nitrogen and oxygen atoms in total. The zero-order valence-corrected chi connectivity index (χ0v) is 13.2. The molecular formula is C13H10Cl3NO2S. The Balaban J connectivity index is 2.41. The van der Waals surface area contributed by atoms with Gasteiger partial charge < -0.3 is 5.73 Å². The maximum absolute atomic E-state index is 12.4. The Kier molecular flexibility index (Phi) is 4.49. The Morgan fingerprint density at radius 2 is 1.55 bits per heavy atom. The van der Waals surface area contributed by atoms with Crippen LogP contribution < -0.4 is 5.73 Å². The number of benzene rings is 2. The normalized spacial score (nSPS) is 11.6. The second kappa shape index (κ2) is 5.82. The summed E-state index contributed by atoms with van der Waals surface area (Å²) in [6, 6.07) is 8.93. The first-order valence-electron chi connectivity index (χ1n) is 5.51. The molecule has 0 saturated carbocycles. The number of sulfone groups is 1. The van der Waals surface area contributed by atoms with Crippen LogP contribution >= 0.6 is 34.8 Å². The highest BCUT2D eigenvalue weighted by Gasteiger charge is 2.20. The minimum atomic E-state index is -3.61. The second-order valence-corrected chi connectivity index (χ2v) is 7.42. The quantitative estimate of drug-likeness (QED) is 0.844. The van der Waals surface area contributed by atoms with Crippen LogP contribution in [0.4, 0.5) is 5.69 Å². The van der Waals surface area contributed by atoms with Crippen LogP contribution in [0.2, 0.25) is 15.1 Å². The summed E-state index contributed by atoms with van der Waals surface area (Å²) in [6.07, 6.45) is 0. The Labute approximate surface area is 132 Å². The molecule has 2 rings (SSSR count). The minimum absolute atomic E-state index is 0.0351. The third-order valence-corrected chi connectivity index (χ3v) is 5.22. The van der Waals surface area contributed by atoms with Crippen molar-refractivity contribution in [2.75, 3.05) is 5.73 Å². The molecule has 0 aliphatic heterocycles. The molecule has 20 heavy (non-hydrogen) atoms. The van der Waals surface area contributed by atoms with Crippen molar-refractivity contribution >= 4 is 50.3 Å². The lowest BCUT2D eigenvalue weighted by molar-refractivity contribution is 0.595. The van der Waals surface area contributed by atoms with E-state index < -0.39 is 9.84 Å². The van der Waals surface area contributed by atoms with Crippen LogP contribution in [0.3, 0.4) is 0 Å². The van der Waals surface area contributed by atoms with E-state index in [1.54, 1.807) is 12.1 Å². The van der Waals surface area contributed by atoms with Gasteiger partial charge in [0.15, 0.2) is 9.84 Å². The first-order valence-corrected chi connectivity index (χ1v) is 8.30. The zero-order chi connectivity index (χ0) is 14.9. The third-order valence-electron chi connectivity index (χ3n) is 2.67. The van der Waals surface area contributed by atoms with Crippen molar-refractivity contribution in [3.05, 3.63) is 57.0 Å². The second-order valence-electron chi connectivity index (χ2n) is 4.18. The molecule has 0 aromatic heterocycles. The molecule has 0 unspecified atom stereocenters. The van der Waals surface area contributed by atoms with Crippen molar-refractivity contribution in [1.29, 1.82) is 0 Å². The summed E-state index contributed by atoms with van der Waals surface area (Å²) < 4.78 is 24.7. The van der Waals surface area contributed by atoms with Gasteiger partial charge >= 0.3 is 0 Å². The summed E-state index contributed by atoms with van der Waals surface area (Å²) in [5.74, 6) is -0.255. The van der Waals surface area contributed by atoms with E-state index in [4.69, 9.17) is 40.5 Å². The molecule has 0 heterocycles. The standard InChI is InChI=1S/C13H10Cl3NO2S/c14-9-2-1-8(11(16)5-9)7-20(18,19)13-4-3-10(15)6-12(13)17/h1-6H,7,17H2. The van der Waals surface area contributed by atoms with Crippen LogP contribution in [0.1, 0.15) is 5.56 Å². The molecule has 2 N–H and O–H groups in total. The molecule has 2 aromatic carbocycles. The van der Waals surface area contributed by atoms with E-state index in [0.29, 0.717) is 20.6 Å². The number of hydrogen-bond acceptors (Lipinski definition) is 3. The van der Waals surface area contributed by atoms with Crippen LogP contribution in [0.5, 0.6) is 0 Å². The Morgan fingerprint density at radius 3 is 2.15 bits per heavy atom. The molecule has 106 valence electrons. The van der Waals surface area contributed by atoms with Gasteiger partial charge in [-0.1, -0.05) is 40.9 Å². The zero-order valence-electron chi connectivity index (χ0n) is 10.1. The highest BCUT2D eigenvalue weighted by molar-refractivity contribution is 7.90. The molecule has 7 heteroatoms. The van der Waals surface area contributed by atoms with Gasteiger partial charge in [0.1, 0.15) is 0 Å². The minimum Gasteiger partial charge on any atom is -0.398 e. The van der Waals surface area contributed by atoms with Crippen molar-refractivity contribution in [3.8, 4) is 0 Å². The van der Waals surface area contributed by atoms with E-state index >= 15 is 0 Å². The topological polar surface area (TPSA) is 60.2 Å². The first-order chi connectivity index (χ1) is 9.29. The van der Waals surface area contributed by atoms with Crippen molar-refractivity contribution in [2.24, 2.45) is 0 Å². The van der Waals surface area contributed by atoms with Crippen LogP contribution in [-0.2, 0) is 15.6 Å². The fraction of sp³-hybridized carbons (Fsp3) is 0.0769. The van der Waals surface area contributed by atoms with E-state index in [1.807, 2.05) is 0 Å². The highest BCUT2D eigenvalue weighted by atomic mass is 35.5. The van der Waals surface area contributed by atoms with Gasteiger partial charge in [-0.2, -0.15) is 0 Å². The van der Waals surface area contributed by atoms with Crippen molar-refractivity contribution in [2.45, 2.75) is 10.6 Å². The predicted molar refractivity (Wildman–Crippen MR) is 83.2 cm³/mol. The van der Waals surface area contributed by atoms with Crippen LogP contribution in [-0.4, -0.2) is 8.42 Å². The predicted octanol–water partition coefficient (Wildman–Crippen LogP) is 4.20. The molecule has 0 radical (unpaired) electrons. The number of anilines is 1. The lowest BCUT2D eigenvalue weighted by Crippen LogP contribution is -2.08. The summed E-state index contributed by atoms with van der Waals surface area (Å²) in [5.41, 5.74) is 6.28. The van der Waals surface area contributed by atoms with E-state index in [1.165, 1.54) is 24.3 Å². The summed E-state index contributed by atoms with van der Waals surface area (Å²) in [6.45, 7) is 0. The third kappa shape index (κ3) is 3.38. The van der Waals surface area contributed by atoms with E-state index in [0.717, 1.165) is 0 Å². The summed E-state index contributed by atoms with van der Waals surface area (Å²) >= 11 is 17.5. The smallest absolute Gasteiger partial charge is 0.184 e. The Bertz CT molecular complexity index is 760. The molecule has 0 saturated heterocycles. The fourth-order valence-electron chi connectivity index (χ4n) is 1.72. The van der Waals surface area contributed by atoms with Gasteiger partial charge in [0.25, 0.3) is 0 Å². The number of hydrogen-bond donors (Lipinski definition) is 1. The van der Waals surface area contributed by atoms with Gasteiger partial charge in [0, 0.05) is 15.1 Å². The first kappa shape index (κ1) is 15.4. The van der Waals surface area contributed by atoms with E-state index in [2.05, 4.69) is 0 Å². The molecule has 0 amide bonds. The largest absolute Gasteiger partial charge is 0.398 e. The molecule has 0 aliphatic rings. The molecular weight excluding hydrogens is 341 g/mol. The van der Waals surface area contributed by atoms with Gasteiger partial charge in [0.2, 0.25) is 0 Å².